The minimum Gasteiger partial charge on any atom is -0.497 e. The van der Waals surface area contributed by atoms with Crippen LogP contribution in [-0.4, -0.2) is 7.11 Å². The lowest BCUT2D eigenvalue weighted by Gasteiger charge is -2.22. The Morgan fingerprint density at radius 3 is 2.86 bits per heavy atom. The van der Waals surface area contributed by atoms with Crippen molar-refractivity contribution >= 4 is 21.6 Å². The Kier molecular flexibility index (Phi) is 4.49. The summed E-state index contributed by atoms with van der Waals surface area (Å²) in [5.41, 5.74) is 4.01. The molecule has 0 aliphatic heterocycles. The molecule has 0 amide bonds. The van der Waals surface area contributed by atoms with E-state index in [4.69, 9.17) is 4.74 Å². The van der Waals surface area contributed by atoms with Crippen LogP contribution in [0.15, 0.2) is 46.9 Å². The van der Waals surface area contributed by atoms with Gasteiger partial charge in [-0.2, -0.15) is 0 Å². The quantitative estimate of drug-likeness (QED) is 0.758. The highest BCUT2D eigenvalue weighted by Gasteiger charge is 2.19. The zero-order chi connectivity index (χ0) is 14.7. The predicted molar refractivity (Wildman–Crippen MR) is 91.1 cm³/mol. The van der Waals surface area contributed by atoms with Gasteiger partial charge in [0.2, 0.25) is 0 Å². The first kappa shape index (κ1) is 14.5. The molecule has 110 valence electrons. The van der Waals surface area contributed by atoms with Crippen LogP contribution in [0.25, 0.3) is 0 Å². The smallest absolute Gasteiger partial charge is 0.121 e. The largest absolute Gasteiger partial charge is 0.497 e. The van der Waals surface area contributed by atoms with Crippen molar-refractivity contribution in [1.29, 1.82) is 0 Å². The lowest BCUT2D eigenvalue weighted by Crippen LogP contribution is -2.11. The van der Waals surface area contributed by atoms with E-state index in [1.807, 2.05) is 12.1 Å². The molecule has 3 heteroatoms. The number of nitrogens with one attached hydrogen (secondary N) is 1. The second-order valence-corrected chi connectivity index (χ2v) is 6.34. The molecule has 0 saturated carbocycles. The SMILES string of the molecule is COc1ccc(Br)c(NC2CCCCc3ccccc32)c1. The zero-order valence-electron chi connectivity index (χ0n) is 12.2. The molecule has 3 rings (SSSR count). The molecular formula is C18H20BrNO. The molecule has 1 aliphatic carbocycles. The van der Waals surface area contributed by atoms with Crippen LogP contribution in [-0.2, 0) is 6.42 Å². The summed E-state index contributed by atoms with van der Waals surface area (Å²) >= 11 is 3.63. The summed E-state index contributed by atoms with van der Waals surface area (Å²) in [5, 5.41) is 3.69. The number of methoxy groups -OCH3 is 1. The summed E-state index contributed by atoms with van der Waals surface area (Å²) in [7, 11) is 1.70. The van der Waals surface area contributed by atoms with Gasteiger partial charge in [0, 0.05) is 10.5 Å². The average Bonchev–Trinajstić information content (AvgIpc) is 2.72. The third kappa shape index (κ3) is 3.24. The molecule has 0 aromatic heterocycles. The van der Waals surface area contributed by atoms with E-state index < -0.39 is 0 Å². The van der Waals surface area contributed by atoms with Crippen molar-refractivity contribution in [2.24, 2.45) is 0 Å². The van der Waals surface area contributed by atoms with Gasteiger partial charge in [-0.3, -0.25) is 0 Å². The molecule has 21 heavy (non-hydrogen) atoms. The van der Waals surface area contributed by atoms with E-state index in [0.717, 1.165) is 15.9 Å². The van der Waals surface area contributed by atoms with Gasteiger partial charge in [-0.1, -0.05) is 30.7 Å². The van der Waals surface area contributed by atoms with Crippen molar-refractivity contribution in [3.63, 3.8) is 0 Å². The number of ether oxygens (including phenoxy) is 1. The molecule has 2 aromatic rings. The predicted octanol–water partition coefficient (Wildman–Crippen LogP) is 5.34. The van der Waals surface area contributed by atoms with E-state index in [-0.39, 0.29) is 0 Å². The number of halogens is 1. The molecule has 1 aliphatic rings. The fourth-order valence-electron chi connectivity index (χ4n) is 3.00. The molecule has 0 bridgehead atoms. The number of hydrogen-bond acceptors (Lipinski definition) is 2. The first-order valence-electron chi connectivity index (χ1n) is 7.46. The minimum absolute atomic E-state index is 0.368. The maximum Gasteiger partial charge on any atom is 0.121 e. The molecule has 0 saturated heterocycles. The van der Waals surface area contributed by atoms with E-state index in [0.29, 0.717) is 6.04 Å². The number of fused-ring (bicyclic) bond motifs is 1. The third-order valence-electron chi connectivity index (χ3n) is 4.12. The number of anilines is 1. The molecule has 0 fully saturated rings. The van der Waals surface area contributed by atoms with Crippen LogP contribution in [0.4, 0.5) is 5.69 Å². The highest BCUT2D eigenvalue weighted by Crippen LogP contribution is 2.35. The fourth-order valence-corrected chi connectivity index (χ4v) is 3.36. The number of benzene rings is 2. The van der Waals surface area contributed by atoms with Crippen molar-refractivity contribution in [2.45, 2.75) is 31.7 Å². The van der Waals surface area contributed by atoms with Gasteiger partial charge in [-0.25, -0.2) is 0 Å². The standard InChI is InChI=1S/C18H20BrNO/c1-21-14-10-11-16(19)18(12-14)20-17-9-5-3-7-13-6-2-4-8-15(13)17/h2,4,6,8,10-12,17,20H,3,5,7,9H2,1H3. The van der Waals surface area contributed by atoms with Crippen LogP contribution < -0.4 is 10.1 Å². The van der Waals surface area contributed by atoms with E-state index >= 15 is 0 Å². The normalized spacial score (nSPS) is 17.7. The van der Waals surface area contributed by atoms with Gasteiger partial charge in [0.25, 0.3) is 0 Å². The van der Waals surface area contributed by atoms with E-state index in [2.05, 4.69) is 51.6 Å². The van der Waals surface area contributed by atoms with Crippen molar-refractivity contribution < 1.29 is 4.74 Å². The Balaban J connectivity index is 1.91. The summed E-state index contributed by atoms with van der Waals surface area (Å²) < 4.78 is 6.41. The lowest BCUT2D eigenvalue weighted by atomic mass is 9.99. The van der Waals surface area contributed by atoms with Crippen LogP contribution in [0.5, 0.6) is 5.75 Å². The second-order valence-electron chi connectivity index (χ2n) is 5.49. The first-order valence-corrected chi connectivity index (χ1v) is 8.25. The number of rotatable bonds is 3. The van der Waals surface area contributed by atoms with Gasteiger partial charge in [-0.15, -0.1) is 0 Å². The average molecular weight is 346 g/mol. The molecule has 0 heterocycles. The second kappa shape index (κ2) is 6.52. The molecule has 1 N–H and O–H groups in total. The summed E-state index contributed by atoms with van der Waals surface area (Å²) in [5.74, 6) is 0.877. The molecule has 1 unspecified atom stereocenters. The van der Waals surface area contributed by atoms with Crippen LogP contribution in [0.2, 0.25) is 0 Å². The van der Waals surface area contributed by atoms with E-state index in [9.17, 15) is 0 Å². The number of hydrogen-bond donors (Lipinski definition) is 1. The highest BCUT2D eigenvalue weighted by molar-refractivity contribution is 9.10. The Morgan fingerprint density at radius 1 is 1.14 bits per heavy atom. The third-order valence-corrected chi connectivity index (χ3v) is 4.81. The Morgan fingerprint density at radius 2 is 2.00 bits per heavy atom. The van der Waals surface area contributed by atoms with Gasteiger partial charge in [0.1, 0.15) is 5.75 Å². The van der Waals surface area contributed by atoms with Gasteiger partial charge in [0.05, 0.1) is 18.8 Å². The van der Waals surface area contributed by atoms with E-state index in [1.54, 1.807) is 7.11 Å². The molecule has 2 nitrogen and oxygen atoms in total. The lowest BCUT2D eigenvalue weighted by molar-refractivity contribution is 0.415. The summed E-state index contributed by atoms with van der Waals surface area (Å²) in [6, 6.07) is 15.2. The maximum atomic E-state index is 5.33. The molecular weight excluding hydrogens is 326 g/mol. The van der Waals surface area contributed by atoms with Crippen molar-refractivity contribution in [1.82, 2.24) is 0 Å². The summed E-state index contributed by atoms with van der Waals surface area (Å²) in [4.78, 5) is 0. The van der Waals surface area contributed by atoms with Gasteiger partial charge < -0.3 is 10.1 Å². The Labute approximate surface area is 134 Å². The highest BCUT2D eigenvalue weighted by atomic mass is 79.9. The topological polar surface area (TPSA) is 21.3 Å². The molecule has 1 atom stereocenters. The maximum absolute atomic E-state index is 5.33. The van der Waals surface area contributed by atoms with Crippen molar-refractivity contribution in [3.8, 4) is 5.75 Å². The summed E-state index contributed by atoms with van der Waals surface area (Å²) in [6.45, 7) is 0. The van der Waals surface area contributed by atoms with E-state index in [1.165, 1.54) is 36.8 Å². The fraction of sp³-hybridized carbons (Fsp3) is 0.333. The van der Waals surface area contributed by atoms with Crippen molar-refractivity contribution in [3.05, 3.63) is 58.1 Å². The van der Waals surface area contributed by atoms with Crippen LogP contribution in [0.1, 0.15) is 36.4 Å². The number of aryl methyl sites for hydroxylation is 1. The molecule has 0 spiro atoms. The van der Waals surface area contributed by atoms with Crippen LogP contribution in [0.3, 0.4) is 0 Å². The Bertz CT molecular complexity index is 626. The Hall–Kier alpha value is -1.48. The van der Waals surface area contributed by atoms with Gasteiger partial charge in [-0.05, 0) is 58.5 Å². The van der Waals surface area contributed by atoms with Crippen LogP contribution in [0, 0.1) is 0 Å². The van der Waals surface area contributed by atoms with Crippen LogP contribution >= 0.6 is 15.9 Å². The minimum atomic E-state index is 0.368. The van der Waals surface area contributed by atoms with Gasteiger partial charge in [0.15, 0.2) is 0 Å². The zero-order valence-corrected chi connectivity index (χ0v) is 13.8. The van der Waals surface area contributed by atoms with Crippen molar-refractivity contribution in [2.75, 3.05) is 12.4 Å². The monoisotopic (exact) mass is 345 g/mol. The molecule has 2 aromatic carbocycles. The molecule has 0 radical (unpaired) electrons. The summed E-state index contributed by atoms with van der Waals surface area (Å²) in [6.07, 6.45) is 4.89. The first-order chi connectivity index (χ1) is 10.3. The van der Waals surface area contributed by atoms with Gasteiger partial charge >= 0.3 is 0 Å².